The predicted molar refractivity (Wildman–Crippen MR) is 133 cm³/mol. The molecule has 0 aliphatic carbocycles. The number of hydrogen-bond acceptors (Lipinski definition) is 7. The number of pyridine rings is 1. The number of aryl methyl sites for hydroxylation is 1. The predicted octanol–water partition coefficient (Wildman–Crippen LogP) is 4.79. The second-order valence-corrected chi connectivity index (χ2v) is 8.44. The Morgan fingerprint density at radius 1 is 1.17 bits per heavy atom. The van der Waals surface area contributed by atoms with Crippen molar-refractivity contribution in [2.75, 3.05) is 25.5 Å². The first-order valence-corrected chi connectivity index (χ1v) is 11.4. The van der Waals surface area contributed by atoms with E-state index in [1.54, 1.807) is 13.4 Å². The standard InChI is InChI=1S/C27H26N6O2/c1-19-15-33(18-29-19)23-10-9-22(14-24(23)34-2)30-26-11-8-21-16-32(13-12-28)17-25(35-27(21)31-26)20-6-4-3-5-7-20/h3-11,14-15,18,25H,13,16-17H2,1-2H3,(H,30,31). The highest BCUT2D eigenvalue weighted by Crippen LogP contribution is 2.33. The zero-order valence-corrected chi connectivity index (χ0v) is 19.7. The van der Waals surface area contributed by atoms with E-state index in [9.17, 15) is 5.26 Å². The molecule has 0 spiro atoms. The van der Waals surface area contributed by atoms with Gasteiger partial charge in [0.2, 0.25) is 5.88 Å². The maximum absolute atomic E-state index is 9.29. The Hall–Kier alpha value is -4.35. The number of ether oxygens (including phenoxy) is 2. The summed E-state index contributed by atoms with van der Waals surface area (Å²) >= 11 is 0. The molecule has 0 radical (unpaired) electrons. The molecule has 1 atom stereocenters. The highest BCUT2D eigenvalue weighted by Gasteiger charge is 2.25. The minimum atomic E-state index is -0.216. The number of nitrogens with one attached hydrogen (secondary N) is 1. The maximum atomic E-state index is 9.29. The zero-order valence-electron chi connectivity index (χ0n) is 19.7. The highest BCUT2D eigenvalue weighted by molar-refractivity contribution is 5.63. The number of nitrogens with zero attached hydrogens (tertiary/aromatic N) is 5. The summed E-state index contributed by atoms with van der Waals surface area (Å²) < 4.78 is 13.9. The van der Waals surface area contributed by atoms with Crippen LogP contribution in [0.2, 0.25) is 0 Å². The number of imidazole rings is 1. The van der Waals surface area contributed by atoms with Crippen molar-refractivity contribution < 1.29 is 9.47 Å². The van der Waals surface area contributed by atoms with Crippen LogP contribution in [0.5, 0.6) is 11.6 Å². The summed E-state index contributed by atoms with van der Waals surface area (Å²) in [6, 6.07) is 22.1. The van der Waals surface area contributed by atoms with Crippen LogP contribution in [-0.2, 0) is 6.54 Å². The molecule has 1 aliphatic heterocycles. The van der Waals surface area contributed by atoms with Gasteiger partial charge in [-0.2, -0.15) is 10.2 Å². The summed E-state index contributed by atoms with van der Waals surface area (Å²) in [4.78, 5) is 11.2. The van der Waals surface area contributed by atoms with Crippen LogP contribution >= 0.6 is 0 Å². The Balaban J connectivity index is 1.42. The SMILES string of the molecule is COc1cc(Nc2ccc3c(n2)OC(c2ccccc2)CN(CC#N)C3)ccc1-n1cnc(C)c1. The molecule has 4 aromatic rings. The summed E-state index contributed by atoms with van der Waals surface area (Å²) in [5.41, 5.74) is 4.69. The van der Waals surface area contributed by atoms with Gasteiger partial charge in [0.1, 0.15) is 17.7 Å². The van der Waals surface area contributed by atoms with Crippen molar-refractivity contribution in [3.63, 3.8) is 0 Å². The molecule has 2 aromatic heterocycles. The fourth-order valence-electron chi connectivity index (χ4n) is 4.20. The third-order valence-electron chi connectivity index (χ3n) is 5.92. The minimum Gasteiger partial charge on any atom is -0.494 e. The molecule has 176 valence electrons. The second kappa shape index (κ2) is 9.87. The minimum absolute atomic E-state index is 0.216. The summed E-state index contributed by atoms with van der Waals surface area (Å²) in [5, 5.41) is 12.6. The Bertz CT molecular complexity index is 1360. The third kappa shape index (κ3) is 4.95. The van der Waals surface area contributed by atoms with Gasteiger partial charge < -0.3 is 19.4 Å². The topological polar surface area (TPSA) is 88.2 Å². The largest absolute Gasteiger partial charge is 0.494 e. The number of methoxy groups -OCH3 is 1. The van der Waals surface area contributed by atoms with E-state index in [-0.39, 0.29) is 6.10 Å². The first-order chi connectivity index (χ1) is 17.1. The average molecular weight is 467 g/mol. The average Bonchev–Trinajstić information content (AvgIpc) is 3.22. The van der Waals surface area contributed by atoms with Gasteiger partial charge in [0.05, 0.1) is 37.4 Å². The Morgan fingerprint density at radius 2 is 2.03 bits per heavy atom. The Kier molecular flexibility index (Phi) is 6.33. The summed E-state index contributed by atoms with van der Waals surface area (Å²) in [5.74, 6) is 1.95. The van der Waals surface area contributed by atoms with Crippen LogP contribution in [0.15, 0.2) is 73.2 Å². The van der Waals surface area contributed by atoms with E-state index in [0.717, 1.165) is 33.9 Å². The summed E-state index contributed by atoms with van der Waals surface area (Å²) in [7, 11) is 1.65. The van der Waals surface area contributed by atoms with Gasteiger partial charge in [-0.3, -0.25) is 4.90 Å². The molecular formula is C27H26N6O2. The van der Waals surface area contributed by atoms with E-state index >= 15 is 0 Å². The van der Waals surface area contributed by atoms with E-state index in [2.05, 4.69) is 21.3 Å². The fourth-order valence-corrected chi connectivity index (χ4v) is 4.20. The van der Waals surface area contributed by atoms with Gasteiger partial charge in [-0.1, -0.05) is 30.3 Å². The van der Waals surface area contributed by atoms with E-state index in [1.165, 1.54) is 0 Å². The summed E-state index contributed by atoms with van der Waals surface area (Å²) in [6.45, 7) is 3.50. The molecule has 8 heteroatoms. The number of rotatable bonds is 6. The molecule has 8 nitrogen and oxygen atoms in total. The van der Waals surface area contributed by atoms with Crippen LogP contribution in [0.1, 0.15) is 22.9 Å². The number of nitriles is 1. The molecule has 0 amide bonds. The van der Waals surface area contributed by atoms with Gasteiger partial charge in [-0.15, -0.1) is 0 Å². The lowest BCUT2D eigenvalue weighted by molar-refractivity contribution is 0.153. The molecule has 35 heavy (non-hydrogen) atoms. The molecule has 1 aliphatic rings. The van der Waals surface area contributed by atoms with E-state index in [4.69, 9.17) is 14.5 Å². The number of anilines is 2. The van der Waals surface area contributed by atoms with Gasteiger partial charge in [0.15, 0.2) is 0 Å². The van der Waals surface area contributed by atoms with Crippen LogP contribution < -0.4 is 14.8 Å². The van der Waals surface area contributed by atoms with Crippen LogP contribution in [-0.4, -0.2) is 39.6 Å². The van der Waals surface area contributed by atoms with Gasteiger partial charge in [-0.25, -0.2) is 4.98 Å². The van der Waals surface area contributed by atoms with E-state index < -0.39 is 0 Å². The van der Waals surface area contributed by atoms with Crippen molar-refractivity contribution >= 4 is 11.5 Å². The number of hydrogen-bond donors (Lipinski definition) is 1. The lowest BCUT2D eigenvalue weighted by Gasteiger charge is -2.21. The van der Waals surface area contributed by atoms with Crippen molar-refractivity contribution in [1.82, 2.24) is 19.4 Å². The first kappa shape index (κ1) is 22.4. The fraction of sp³-hybridized carbons (Fsp3) is 0.222. The van der Waals surface area contributed by atoms with Gasteiger partial charge in [0.25, 0.3) is 0 Å². The second-order valence-electron chi connectivity index (χ2n) is 8.44. The van der Waals surface area contributed by atoms with Crippen molar-refractivity contribution in [1.29, 1.82) is 5.26 Å². The van der Waals surface area contributed by atoms with Crippen molar-refractivity contribution in [2.24, 2.45) is 0 Å². The highest BCUT2D eigenvalue weighted by atomic mass is 16.5. The monoisotopic (exact) mass is 466 g/mol. The van der Waals surface area contributed by atoms with Crippen molar-refractivity contribution in [3.05, 3.63) is 90.0 Å². The van der Waals surface area contributed by atoms with Crippen LogP contribution in [0.3, 0.4) is 0 Å². The molecule has 3 heterocycles. The maximum Gasteiger partial charge on any atom is 0.220 e. The molecule has 2 aromatic carbocycles. The summed E-state index contributed by atoms with van der Waals surface area (Å²) in [6.07, 6.45) is 3.51. The normalized spacial score (nSPS) is 15.4. The molecule has 5 rings (SSSR count). The molecule has 0 fully saturated rings. The Labute approximate surface area is 204 Å². The molecule has 0 saturated heterocycles. The van der Waals surface area contributed by atoms with Crippen LogP contribution in [0.25, 0.3) is 5.69 Å². The van der Waals surface area contributed by atoms with Crippen molar-refractivity contribution in [3.8, 4) is 23.4 Å². The van der Waals surface area contributed by atoms with Crippen LogP contribution in [0, 0.1) is 18.3 Å². The quantitative estimate of drug-likeness (QED) is 0.409. The van der Waals surface area contributed by atoms with E-state index in [0.29, 0.717) is 31.3 Å². The van der Waals surface area contributed by atoms with Crippen LogP contribution in [0.4, 0.5) is 11.5 Å². The van der Waals surface area contributed by atoms with Gasteiger partial charge >= 0.3 is 0 Å². The first-order valence-electron chi connectivity index (χ1n) is 11.4. The van der Waals surface area contributed by atoms with E-state index in [1.807, 2.05) is 78.4 Å². The molecule has 0 bridgehead atoms. The number of fused-ring (bicyclic) bond motifs is 1. The molecular weight excluding hydrogens is 440 g/mol. The number of aromatic nitrogens is 3. The third-order valence-corrected chi connectivity index (χ3v) is 5.92. The van der Waals surface area contributed by atoms with Gasteiger partial charge in [-0.05, 0) is 36.8 Å². The molecule has 1 N–H and O–H groups in total. The Morgan fingerprint density at radius 3 is 2.77 bits per heavy atom. The molecule has 0 saturated carbocycles. The zero-order chi connectivity index (χ0) is 24.2. The van der Waals surface area contributed by atoms with Gasteiger partial charge in [0, 0.05) is 36.6 Å². The number of benzene rings is 2. The van der Waals surface area contributed by atoms with Crippen molar-refractivity contribution in [2.45, 2.75) is 19.6 Å². The lowest BCUT2D eigenvalue weighted by atomic mass is 10.1. The smallest absolute Gasteiger partial charge is 0.220 e. The lowest BCUT2D eigenvalue weighted by Crippen LogP contribution is -2.28. The molecule has 1 unspecified atom stereocenters.